The topological polar surface area (TPSA) is 115 Å². The predicted octanol–water partition coefficient (Wildman–Crippen LogP) is 3.12. The van der Waals surface area contributed by atoms with Crippen LogP contribution in [0.3, 0.4) is 0 Å². The third-order valence-corrected chi connectivity index (χ3v) is 6.09. The molecule has 190 valence electrons. The summed E-state index contributed by atoms with van der Waals surface area (Å²) in [4.78, 5) is 26.8. The average molecular weight is 498 g/mol. The Morgan fingerprint density at radius 1 is 0.784 bits per heavy atom. The Morgan fingerprint density at radius 3 is 2.11 bits per heavy atom. The van der Waals surface area contributed by atoms with Crippen LogP contribution in [-0.4, -0.2) is 68.9 Å². The van der Waals surface area contributed by atoms with Crippen molar-refractivity contribution < 1.29 is 5.11 Å². The number of nitrogens with one attached hydrogen (secondary N) is 2. The van der Waals surface area contributed by atoms with Gasteiger partial charge in [-0.05, 0) is 42.3 Å². The summed E-state index contributed by atoms with van der Waals surface area (Å²) >= 11 is 0. The highest BCUT2D eigenvalue weighted by molar-refractivity contribution is 5.59. The molecule has 10 nitrogen and oxygen atoms in total. The van der Waals surface area contributed by atoms with Crippen molar-refractivity contribution in [1.82, 2.24) is 24.9 Å². The summed E-state index contributed by atoms with van der Waals surface area (Å²) in [5, 5.41) is 15.8. The maximum Gasteiger partial charge on any atom is 0.231 e. The quantitative estimate of drug-likeness (QED) is 0.319. The zero-order valence-electron chi connectivity index (χ0n) is 20.8. The van der Waals surface area contributed by atoms with E-state index in [1.54, 1.807) is 6.92 Å². The molecule has 2 aromatic heterocycles. The molecule has 0 radical (unpaired) electrons. The molecule has 1 saturated heterocycles. The van der Waals surface area contributed by atoms with Crippen molar-refractivity contribution in [3.05, 3.63) is 84.4 Å². The number of piperazine rings is 1. The van der Waals surface area contributed by atoms with E-state index >= 15 is 0 Å². The van der Waals surface area contributed by atoms with Crippen molar-refractivity contribution in [2.45, 2.75) is 19.4 Å². The lowest BCUT2D eigenvalue weighted by Crippen LogP contribution is -2.47. The Labute approximate surface area is 216 Å². The lowest BCUT2D eigenvalue weighted by atomic mass is 10.1. The molecule has 1 aliphatic rings. The molecule has 4 aromatic rings. The highest BCUT2D eigenvalue weighted by Crippen LogP contribution is 2.19. The Kier molecular flexibility index (Phi) is 7.66. The van der Waals surface area contributed by atoms with Crippen molar-refractivity contribution in [3.8, 4) is 0 Å². The second kappa shape index (κ2) is 11.6. The highest BCUT2D eigenvalue weighted by atomic mass is 16.3. The van der Waals surface area contributed by atoms with Crippen LogP contribution in [0.1, 0.15) is 18.1 Å². The van der Waals surface area contributed by atoms with E-state index in [1.165, 1.54) is 11.9 Å². The van der Waals surface area contributed by atoms with Gasteiger partial charge in [0.05, 0.1) is 6.10 Å². The van der Waals surface area contributed by atoms with Crippen molar-refractivity contribution >= 4 is 29.2 Å². The lowest BCUT2D eigenvalue weighted by molar-refractivity contribution is 0.208. The van der Waals surface area contributed by atoms with Gasteiger partial charge >= 0.3 is 0 Å². The second-order valence-corrected chi connectivity index (χ2v) is 9.07. The van der Waals surface area contributed by atoms with Crippen molar-refractivity contribution in [2.75, 3.05) is 53.2 Å². The van der Waals surface area contributed by atoms with Crippen LogP contribution in [0.4, 0.5) is 29.2 Å². The predicted molar refractivity (Wildman–Crippen MR) is 145 cm³/mol. The van der Waals surface area contributed by atoms with E-state index in [1.807, 2.05) is 54.9 Å². The molecule has 1 fully saturated rings. The molecular weight excluding hydrogens is 466 g/mol. The fourth-order valence-corrected chi connectivity index (χ4v) is 4.11. The van der Waals surface area contributed by atoms with Crippen LogP contribution >= 0.6 is 0 Å². The van der Waals surface area contributed by atoms with E-state index in [-0.39, 0.29) is 0 Å². The molecule has 0 saturated carbocycles. The Bertz CT molecular complexity index is 1260. The SMILES string of the molecule is C[C@H](O)CNc1ccc(Nc2ncnc(N3CCN(c4ncc(Cc5ccccc5)cn4)CC3)n2)cc1. The summed E-state index contributed by atoms with van der Waals surface area (Å²) in [7, 11) is 0. The van der Waals surface area contributed by atoms with Gasteiger partial charge in [0.1, 0.15) is 6.33 Å². The number of nitrogens with zero attached hydrogens (tertiary/aromatic N) is 7. The molecule has 0 amide bonds. The summed E-state index contributed by atoms with van der Waals surface area (Å²) in [6.07, 6.45) is 5.79. The highest BCUT2D eigenvalue weighted by Gasteiger charge is 2.21. The zero-order chi connectivity index (χ0) is 25.5. The first-order valence-electron chi connectivity index (χ1n) is 12.5. The fourth-order valence-electron chi connectivity index (χ4n) is 4.11. The van der Waals surface area contributed by atoms with Gasteiger partial charge in [-0.1, -0.05) is 30.3 Å². The van der Waals surface area contributed by atoms with Crippen LogP contribution in [0, 0.1) is 0 Å². The molecule has 37 heavy (non-hydrogen) atoms. The Morgan fingerprint density at radius 2 is 1.43 bits per heavy atom. The number of aromatic nitrogens is 5. The number of rotatable bonds is 9. The Hall–Kier alpha value is -4.31. The van der Waals surface area contributed by atoms with E-state index in [4.69, 9.17) is 0 Å². The van der Waals surface area contributed by atoms with Crippen LogP contribution in [0.2, 0.25) is 0 Å². The van der Waals surface area contributed by atoms with Crippen LogP contribution in [0.5, 0.6) is 0 Å². The minimum atomic E-state index is -0.402. The van der Waals surface area contributed by atoms with Crippen LogP contribution in [0.15, 0.2) is 73.3 Å². The number of benzene rings is 2. The van der Waals surface area contributed by atoms with Gasteiger partial charge in [0.15, 0.2) is 0 Å². The van der Waals surface area contributed by atoms with Crippen LogP contribution < -0.4 is 20.4 Å². The third-order valence-electron chi connectivity index (χ3n) is 6.09. The minimum Gasteiger partial charge on any atom is -0.392 e. The number of hydrogen-bond donors (Lipinski definition) is 3. The molecule has 0 bridgehead atoms. The van der Waals surface area contributed by atoms with E-state index in [2.05, 4.69) is 57.5 Å². The third kappa shape index (κ3) is 6.68. The van der Waals surface area contributed by atoms with Gasteiger partial charge in [0, 0.05) is 62.9 Å². The largest absolute Gasteiger partial charge is 0.392 e. The molecule has 1 atom stereocenters. The normalized spacial score (nSPS) is 14.3. The summed E-state index contributed by atoms with van der Waals surface area (Å²) in [6, 6.07) is 18.1. The number of anilines is 5. The van der Waals surface area contributed by atoms with Gasteiger partial charge < -0.3 is 25.5 Å². The standard InChI is InChI=1S/C27H31N9O/c1-20(37)16-28-23-7-9-24(10-8-23)33-25-31-19-32-27(34-25)36-13-11-35(12-14-36)26-29-17-22(18-30-26)15-21-5-3-2-4-6-21/h2-10,17-20,28,37H,11-16H2,1H3,(H,31,32,33,34)/t20-/m0/s1. The Balaban J connectivity index is 1.14. The molecule has 0 aliphatic carbocycles. The van der Waals surface area contributed by atoms with E-state index < -0.39 is 6.10 Å². The smallest absolute Gasteiger partial charge is 0.231 e. The maximum atomic E-state index is 9.41. The van der Waals surface area contributed by atoms with E-state index in [9.17, 15) is 5.11 Å². The van der Waals surface area contributed by atoms with Crippen LogP contribution in [-0.2, 0) is 6.42 Å². The van der Waals surface area contributed by atoms with Crippen molar-refractivity contribution in [1.29, 1.82) is 0 Å². The van der Waals surface area contributed by atoms with Gasteiger partial charge in [-0.15, -0.1) is 0 Å². The maximum absolute atomic E-state index is 9.41. The first-order valence-corrected chi connectivity index (χ1v) is 12.5. The van der Waals surface area contributed by atoms with Crippen LogP contribution in [0.25, 0.3) is 0 Å². The molecule has 0 spiro atoms. The summed E-state index contributed by atoms with van der Waals surface area (Å²) < 4.78 is 0. The van der Waals surface area contributed by atoms with E-state index in [0.29, 0.717) is 18.4 Å². The van der Waals surface area contributed by atoms with Gasteiger partial charge in [-0.25, -0.2) is 19.9 Å². The molecule has 2 aromatic carbocycles. The van der Waals surface area contributed by atoms with Crippen molar-refractivity contribution in [2.24, 2.45) is 0 Å². The molecule has 3 heterocycles. The van der Waals surface area contributed by atoms with Gasteiger partial charge in [-0.2, -0.15) is 4.98 Å². The molecule has 10 heteroatoms. The van der Waals surface area contributed by atoms with Gasteiger partial charge in [-0.3, -0.25) is 0 Å². The van der Waals surface area contributed by atoms with Crippen molar-refractivity contribution in [3.63, 3.8) is 0 Å². The molecule has 3 N–H and O–H groups in total. The molecule has 1 aliphatic heterocycles. The van der Waals surface area contributed by atoms with Gasteiger partial charge in [0.25, 0.3) is 0 Å². The first-order chi connectivity index (χ1) is 18.1. The fraction of sp³-hybridized carbons (Fsp3) is 0.296. The lowest BCUT2D eigenvalue weighted by Gasteiger charge is -2.34. The molecule has 0 unspecified atom stereocenters. The minimum absolute atomic E-state index is 0.402. The number of hydrogen-bond acceptors (Lipinski definition) is 10. The number of aliphatic hydroxyl groups is 1. The average Bonchev–Trinajstić information content (AvgIpc) is 2.94. The van der Waals surface area contributed by atoms with E-state index in [0.717, 1.165) is 55.5 Å². The summed E-state index contributed by atoms with van der Waals surface area (Å²) in [6.45, 7) is 5.35. The first kappa shape index (κ1) is 24.4. The molecular formula is C27H31N9O. The monoisotopic (exact) mass is 497 g/mol. The molecule has 5 rings (SSSR count). The summed E-state index contributed by atoms with van der Waals surface area (Å²) in [5.74, 6) is 1.89. The summed E-state index contributed by atoms with van der Waals surface area (Å²) in [5.41, 5.74) is 4.16. The zero-order valence-corrected chi connectivity index (χ0v) is 20.8. The number of aliphatic hydroxyl groups excluding tert-OH is 1. The van der Waals surface area contributed by atoms with Gasteiger partial charge in [0.2, 0.25) is 17.8 Å². The second-order valence-electron chi connectivity index (χ2n) is 9.07.